The maximum absolute atomic E-state index is 12.6. The summed E-state index contributed by atoms with van der Waals surface area (Å²) in [7, 11) is 0. The van der Waals surface area contributed by atoms with Gasteiger partial charge in [-0.15, -0.1) is 0 Å². The summed E-state index contributed by atoms with van der Waals surface area (Å²) >= 11 is 0. The van der Waals surface area contributed by atoms with E-state index in [-0.39, 0.29) is 30.8 Å². The molecule has 164 valence electrons. The SMILES string of the molecule is CC[C@H](C)c1ccccc1N1C[C@H](C(=O)O[C@@H](C)C(=O)NC(=O)NC(C)C)CC1=O. The number of amides is 4. The number of hydrogen-bond donors (Lipinski definition) is 2. The summed E-state index contributed by atoms with van der Waals surface area (Å²) in [6, 6.07) is 6.90. The Bertz CT molecular complexity index is 808. The maximum atomic E-state index is 12.6. The Morgan fingerprint density at radius 2 is 1.83 bits per heavy atom. The average Bonchev–Trinajstić information content (AvgIpc) is 3.08. The van der Waals surface area contributed by atoms with Gasteiger partial charge in [0.1, 0.15) is 0 Å². The smallest absolute Gasteiger partial charge is 0.321 e. The molecule has 1 heterocycles. The van der Waals surface area contributed by atoms with Crippen molar-refractivity contribution >= 4 is 29.5 Å². The van der Waals surface area contributed by atoms with Crippen molar-refractivity contribution in [1.82, 2.24) is 10.6 Å². The van der Waals surface area contributed by atoms with Crippen LogP contribution in [-0.4, -0.2) is 42.5 Å². The van der Waals surface area contributed by atoms with Crippen LogP contribution in [-0.2, 0) is 19.1 Å². The van der Waals surface area contributed by atoms with E-state index in [0.29, 0.717) is 0 Å². The fourth-order valence-electron chi connectivity index (χ4n) is 3.30. The van der Waals surface area contributed by atoms with E-state index in [0.717, 1.165) is 17.7 Å². The largest absolute Gasteiger partial charge is 0.452 e. The standard InChI is InChI=1S/C22H31N3O5/c1-6-14(4)17-9-7-8-10-18(17)25-12-16(11-19(25)26)21(28)30-15(5)20(27)24-22(29)23-13(2)3/h7-10,13-16H,6,11-12H2,1-5H3,(H2,23,24,27,29)/t14-,15-,16+/m0/s1. The van der Waals surface area contributed by atoms with Gasteiger partial charge in [0, 0.05) is 24.7 Å². The average molecular weight is 418 g/mol. The summed E-state index contributed by atoms with van der Waals surface area (Å²) in [5.74, 6) is -1.88. The van der Waals surface area contributed by atoms with E-state index < -0.39 is 29.9 Å². The molecule has 8 nitrogen and oxygen atoms in total. The summed E-state index contributed by atoms with van der Waals surface area (Å²) in [4.78, 5) is 50.5. The highest BCUT2D eigenvalue weighted by Gasteiger charge is 2.38. The first-order valence-electron chi connectivity index (χ1n) is 10.3. The molecule has 2 N–H and O–H groups in total. The number of rotatable bonds is 7. The third kappa shape index (κ3) is 5.81. The van der Waals surface area contributed by atoms with Gasteiger partial charge in [0.25, 0.3) is 5.91 Å². The highest BCUT2D eigenvalue weighted by molar-refractivity contribution is 6.01. The number of urea groups is 1. The van der Waals surface area contributed by atoms with Crippen LogP contribution < -0.4 is 15.5 Å². The topological polar surface area (TPSA) is 105 Å². The molecule has 1 aromatic rings. The quantitative estimate of drug-likeness (QED) is 0.664. The Morgan fingerprint density at radius 3 is 2.47 bits per heavy atom. The van der Waals surface area contributed by atoms with Crippen LogP contribution >= 0.6 is 0 Å². The summed E-state index contributed by atoms with van der Waals surface area (Å²) in [6.07, 6.45) is -0.191. The van der Waals surface area contributed by atoms with Gasteiger partial charge in [0.05, 0.1) is 5.92 Å². The van der Waals surface area contributed by atoms with Crippen LogP contribution in [0.3, 0.4) is 0 Å². The molecule has 0 radical (unpaired) electrons. The van der Waals surface area contributed by atoms with Crippen LogP contribution in [0.4, 0.5) is 10.5 Å². The van der Waals surface area contributed by atoms with Crippen LogP contribution in [0.15, 0.2) is 24.3 Å². The van der Waals surface area contributed by atoms with Crippen LogP contribution in [0.2, 0.25) is 0 Å². The number of hydrogen-bond acceptors (Lipinski definition) is 5. The second-order valence-corrected chi connectivity index (χ2v) is 7.97. The van der Waals surface area contributed by atoms with Crippen molar-refractivity contribution in [2.45, 2.75) is 65.5 Å². The zero-order valence-electron chi connectivity index (χ0n) is 18.2. The number of anilines is 1. The minimum atomic E-state index is -1.15. The molecule has 8 heteroatoms. The van der Waals surface area contributed by atoms with E-state index in [9.17, 15) is 19.2 Å². The number of carbonyl (C=O) groups excluding carboxylic acids is 4. The van der Waals surface area contributed by atoms with Crippen molar-refractivity contribution in [3.8, 4) is 0 Å². The number of ether oxygens (including phenoxy) is 1. The first kappa shape index (κ1) is 23.4. The van der Waals surface area contributed by atoms with Gasteiger partial charge in [-0.1, -0.05) is 32.0 Å². The van der Waals surface area contributed by atoms with Crippen molar-refractivity contribution in [1.29, 1.82) is 0 Å². The molecule has 0 saturated carbocycles. The molecule has 30 heavy (non-hydrogen) atoms. The fourth-order valence-corrected chi connectivity index (χ4v) is 3.30. The predicted octanol–water partition coefficient (Wildman–Crippen LogP) is 2.72. The minimum Gasteiger partial charge on any atom is -0.452 e. The fraction of sp³-hybridized carbons (Fsp3) is 0.545. The Kier molecular flexibility index (Phi) is 7.97. The lowest BCUT2D eigenvalue weighted by Gasteiger charge is -2.23. The lowest BCUT2D eigenvalue weighted by Crippen LogP contribution is -2.47. The number of carbonyl (C=O) groups is 4. The van der Waals surface area contributed by atoms with E-state index in [4.69, 9.17) is 4.74 Å². The monoisotopic (exact) mass is 417 g/mol. The Hall–Kier alpha value is -2.90. The third-order valence-electron chi connectivity index (χ3n) is 5.15. The maximum Gasteiger partial charge on any atom is 0.321 e. The number of benzene rings is 1. The van der Waals surface area contributed by atoms with Gasteiger partial charge >= 0.3 is 12.0 Å². The van der Waals surface area contributed by atoms with Crippen molar-refractivity contribution in [3.63, 3.8) is 0 Å². The van der Waals surface area contributed by atoms with Gasteiger partial charge in [-0.3, -0.25) is 19.7 Å². The van der Waals surface area contributed by atoms with Gasteiger partial charge in [-0.25, -0.2) is 4.79 Å². The predicted molar refractivity (Wildman–Crippen MR) is 113 cm³/mol. The first-order valence-corrected chi connectivity index (χ1v) is 10.3. The zero-order chi connectivity index (χ0) is 22.4. The number of esters is 1. The highest BCUT2D eigenvalue weighted by Crippen LogP contribution is 2.33. The molecule has 2 rings (SSSR count). The van der Waals surface area contributed by atoms with Gasteiger partial charge in [0.15, 0.2) is 6.10 Å². The van der Waals surface area contributed by atoms with Crippen LogP contribution in [0, 0.1) is 5.92 Å². The van der Waals surface area contributed by atoms with Crippen molar-refractivity contribution in [2.75, 3.05) is 11.4 Å². The molecule has 1 fully saturated rings. The summed E-state index contributed by atoms with van der Waals surface area (Å²) in [6.45, 7) is 9.30. The van der Waals surface area contributed by atoms with Gasteiger partial charge < -0.3 is 15.0 Å². The molecule has 1 aromatic carbocycles. The second kappa shape index (κ2) is 10.2. The molecule has 0 unspecified atom stereocenters. The molecule has 1 aliphatic heterocycles. The van der Waals surface area contributed by atoms with E-state index in [1.165, 1.54) is 6.92 Å². The van der Waals surface area contributed by atoms with Gasteiger partial charge in [-0.2, -0.15) is 0 Å². The van der Waals surface area contributed by atoms with E-state index in [1.807, 2.05) is 24.3 Å². The molecule has 0 spiro atoms. The zero-order valence-corrected chi connectivity index (χ0v) is 18.2. The lowest BCUT2D eigenvalue weighted by atomic mass is 9.96. The van der Waals surface area contributed by atoms with Crippen LogP contribution in [0.25, 0.3) is 0 Å². The summed E-state index contributed by atoms with van der Waals surface area (Å²) in [5, 5.41) is 4.66. The molecular weight excluding hydrogens is 386 g/mol. The van der Waals surface area contributed by atoms with Gasteiger partial charge in [-0.05, 0) is 44.7 Å². The summed E-state index contributed by atoms with van der Waals surface area (Å²) in [5.41, 5.74) is 1.87. The van der Waals surface area contributed by atoms with E-state index in [2.05, 4.69) is 24.5 Å². The Morgan fingerprint density at radius 1 is 1.17 bits per heavy atom. The third-order valence-corrected chi connectivity index (χ3v) is 5.15. The number of imide groups is 1. The lowest BCUT2D eigenvalue weighted by molar-refractivity contribution is -0.158. The molecular formula is C22H31N3O5. The normalized spacial score (nSPS) is 18.1. The second-order valence-electron chi connectivity index (χ2n) is 7.97. The Labute approximate surface area is 177 Å². The van der Waals surface area contributed by atoms with Crippen LogP contribution in [0.1, 0.15) is 58.9 Å². The molecule has 3 atom stereocenters. The number of nitrogens with one attached hydrogen (secondary N) is 2. The van der Waals surface area contributed by atoms with Gasteiger partial charge in [0.2, 0.25) is 5.91 Å². The summed E-state index contributed by atoms with van der Waals surface area (Å²) < 4.78 is 5.22. The highest BCUT2D eigenvalue weighted by atomic mass is 16.5. The Balaban J connectivity index is 2.00. The number of para-hydroxylation sites is 1. The van der Waals surface area contributed by atoms with E-state index >= 15 is 0 Å². The number of nitrogens with zero attached hydrogens (tertiary/aromatic N) is 1. The van der Waals surface area contributed by atoms with Crippen molar-refractivity contribution in [2.24, 2.45) is 5.92 Å². The molecule has 0 bridgehead atoms. The van der Waals surface area contributed by atoms with Crippen molar-refractivity contribution < 1.29 is 23.9 Å². The molecule has 4 amide bonds. The molecule has 0 aliphatic carbocycles. The molecule has 0 aromatic heterocycles. The van der Waals surface area contributed by atoms with E-state index in [1.54, 1.807) is 18.7 Å². The molecule has 1 aliphatic rings. The minimum absolute atomic E-state index is 0.0237. The molecule has 1 saturated heterocycles. The van der Waals surface area contributed by atoms with Crippen molar-refractivity contribution in [3.05, 3.63) is 29.8 Å². The van der Waals surface area contributed by atoms with Crippen LogP contribution in [0.5, 0.6) is 0 Å². The first-order chi connectivity index (χ1) is 14.1.